The number of hydrogen-bond donors (Lipinski definition) is 2. The van der Waals surface area contributed by atoms with Crippen LogP contribution in [0, 0.1) is 27.7 Å². The second-order valence-corrected chi connectivity index (χ2v) is 7.68. The summed E-state index contributed by atoms with van der Waals surface area (Å²) >= 11 is 0. The van der Waals surface area contributed by atoms with E-state index in [-0.39, 0.29) is 23.7 Å². The van der Waals surface area contributed by atoms with Crippen molar-refractivity contribution in [2.45, 2.75) is 41.0 Å². The van der Waals surface area contributed by atoms with E-state index in [0.29, 0.717) is 22.8 Å². The van der Waals surface area contributed by atoms with Crippen LogP contribution in [0.3, 0.4) is 0 Å². The Kier molecular flexibility index (Phi) is 6.10. The fourth-order valence-electron chi connectivity index (χ4n) is 3.73. The summed E-state index contributed by atoms with van der Waals surface area (Å²) in [4.78, 5) is 39.9. The highest BCUT2D eigenvalue weighted by molar-refractivity contribution is 6.02. The van der Waals surface area contributed by atoms with Gasteiger partial charge < -0.3 is 15.0 Å². The van der Waals surface area contributed by atoms with E-state index in [9.17, 15) is 14.4 Å². The standard InChI is InChI=1S/C23H26N4O4/c1-12-7-13(2)9-17(8-12)27-19(10-14(3)26-27)25-20(29)11-18-21(23(30)31-6)15(4)22(24-18)16(5)28/h7-10,24H,11H2,1-6H3,(H,25,29). The average molecular weight is 422 g/mol. The van der Waals surface area contributed by atoms with Gasteiger partial charge in [-0.2, -0.15) is 5.10 Å². The maximum Gasteiger partial charge on any atom is 0.339 e. The molecule has 0 aliphatic heterocycles. The summed E-state index contributed by atoms with van der Waals surface area (Å²) in [7, 11) is 1.26. The SMILES string of the molecule is COC(=O)c1c(CC(=O)Nc2cc(C)nn2-c2cc(C)cc(C)c2)[nH]c(C(C)=O)c1C. The van der Waals surface area contributed by atoms with Gasteiger partial charge in [0.1, 0.15) is 5.82 Å². The Balaban J connectivity index is 1.91. The van der Waals surface area contributed by atoms with Crippen molar-refractivity contribution >= 4 is 23.5 Å². The van der Waals surface area contributed by atoms with Gasteiger partial charge in [-0.15, -0.1) is 0 Å². The molecular formula is C23H26N4O4. The molecule has 0 saturated heterocycles. The molecule has 0 unspecified atom stereocenters. The number of benzene rings is 1. The molecule has 0 bridgehead atoms. The quantitative estimate of drug-likeness (QED) is 0.466. The van der Waals surface area contributed by atoms with E-state index in [1.54, 1.807) is 17.7 Å². The third kappa shape index (κ3) is 4.58. The molecule has 0 aliphatic rings. The number of methoxy groups -OCH3 is 1. The van der Waals surface area contributed by atoms with Crippen molar-refractivity contribution in [2.75, 3.05) is 12.4 Å². The fourth-order valence-corrected chi connectivity index (χ4v) is 3.73. The second kappa shape index (κ2) is 8.59. The smallest absolute Gasteiger partial charge is 0.339 e. The lowest BCUT2D eigenvalue weighted by Crippen LogP contribution is -2.19. The lowest BCUT2D eigenvalue weighted by molar-refractivity contribution is -0.115. The monoisotopic (exact) mass is 422 g/mol. The number of hydrogen-bond acceptors (Lipinski definition) is 5. The van der Waals surface area contributed by atoms with Gasteiger partial charge in [0, 0.05) is 18.7 Å². The van der Waals surface area contributed by atoms with Crippen molar-refractivity contribution in [3.05, 3.63) is 63.6 Å². The van der Waals surface area contributed by atoms with E-state index in [1.165, 1.54) is 14.0 Å². The summed E-state index contributed by atoms with van der Waals surface area (Å²) in [5.74, 6) is -0.660. The maximum absolute atomic E-state index is 12.9. The number of ether oxygens (including phenoxy) is 1. The van der Waals surface area contributed by atoms with E-state index in [1.807, 2.05) is 32.9 Å². The zero-order valence-electron chi connectivity index (χ0n) is 18.5. The van der Waals surface area contributed by atoms with Crippen LogP contribution in [0.25, 0.3) is 5.69 Å². The highest BCUT2D eigenvalue weighted by Crippen LogP contribution is 2.23. The van der Waals surface area contributed by atoms with Crippen LogP contribution in [0.4, 0.5) is 5.82 Å². The Hall–Kier alpha value is -3.68. The van der Waals surface area contributed by atoms with Gasteiger partial charge in [0.05, 0.1) is 36.2 Å². The first-order chi connectivity index (χ1) is 14.6. The molecule has 0 spiro atoms. The molecule has 8 nitrogen and oxygen atoms in total. The summed E-state index contributed by atoms with van der Waals surface area (Å²) in [5, 5.41) is 7.36. The Bertz CT molecular complexity index is 1170. The first-order valence-electron chi connectivity index (χ1n) is 9.86. The van der Waals surface area contributed by atoms with Gasteiger partial charge in [0.15, 0.2) is 5.78 Å². The number of carbonyl (C=O) groups is 3. The number of aromatic nitrogens is 3. The van der Waals surface area contributed by atoms with Crippen molar-refractivity contribution in [1.29, 1.82) is 0 Å². The molecule has 2 N–H and O–H groups in total. The van der Waals surface area contributed by atoms with Crippen LogP contribution in [-0.4, -0.2) is 39.5 Å². The van der Waals surface area contributed by atoms with Crippen molar-refractivity contribution in [2.24, 2.45) is 0 Å². The van der Waals surface area contributed by atoms with E-state index in [2.05, 4.69) is 21.5 Å². The number of aryl methyl sites for hydroxylation is 3. The molecule has 0 radical (unpaired) electrons. The van der Waals surface area contributed by atoms with Gasteiger partial charge in [-0.25, -0.2) is 9.48 Å². The van der Waals surface area contributed by atoms with Crippen molar-refractivity contribution in [3.8, 4) is 5.69 Å². The molecule has 3 aromatic rings. The lowest BCUT2D eigenvalue weighted by Gasteiger charge is -2.11. The Labute approximate surface area is 180 Å². The van der Waals surface area contributed by atoms with Crippen LogP contribution < -0.4 is 5.32 Å². The molecule has 2 heterocycles. The predicted octanol–water partition coefficient (Wildman–Crippen LogP) is 3.60. The van der Waals surface area contributed by atoms with Crippen molar-refractivity contribution in [3.63, 3.8) is 0 Å². The van der Waals surface area contributed by atoms with Crippen LogP contribution in [-0.2, 0) is 16.0 Å². The topological polar surface area (TPSA) is 106 Å². The number of ketones is 1. The van der Waals surface area contributed by atoms with Gasteiger partial charge in [-0.1, -0.05) is 6.07 Å². The van der Waals surface area contributed by atoms with E-state index in [0.717, 1.165) is 22.5 Å². The van der Waals surface area contributed by atoms with Crippen LogP contribution in [0.1, 0.15) is 55.8 Å². The Morgan fingerprint density at radius 3 is 2.29 bits per heavy atom. The maximum atomic E-state index is 12.9. The van der Waals surface area contributed by atoms with Gasteiger partial charge >= 0.3 is 5.97 Å². The Morgan fingerprint density at radius 2 is 1.71 bits per heavy atom. The third-order valence-electron chi connectivity index (χ3n) is 4.96. The van der Waals surface area contributed by atoms with Crippen LogP contribution in [0.15, 0.2) is 24.3 Å². The van der Waals surface area contributed by atoms with Crippen LogP contribution >= 0.6 is 0 Å². The van der Waals surface area contributed by atoms with Crippen molar-refractivity contribution in [1.82, 2.24) is 14.8 Å². The van der Waals surface area contributed by atoms with Gasteiger partial charge in [0.25, 0.3) is 0 Å². The number of rotatable bonds is 6. The van der Waals surface area contributed by atoms with Gasteiger partial charge in [0.2, 0.25) is 5.91 Å². The molecule has 2 aromatic heterocycles. The summed E-state index contributed by atoms with van der Waals surface area (Å²) in [5.41, 5.74) is 5.06. The Morgan fingerprint density at radius 1 is 1.06 bits per heavy atom. The number of nitrogens with one attached hydrogen (secondary N) is 2. The highest BCUT2D eigenvalue weighted by atomic mass is 16.5. The number of Topliss-reactive ketones (excluding diaryl/α,β-unsaturated/α-hetero) is 1. The zero-order chi connectivity index (χ0) is 22.9. The van der Waals surface area contributed by atoms with Gasteiger partial charge in [-0.05, 0) is 56.5 Å². The lowest BCUT2D eigenvalue weighted by atomic mass is 10.1. The molecule has 0 fully saturated rings. The predicted molar refractivity (Wildman–Crippen MR) is 117 cm³/mol. The minimum atomic E-state index is -0.597. The summed E-state index contributed by atoms with van der Waals surface area (Å²) in [6.07, 6.45) is -0.129. The number of anilines is 1. The van der Waals surface area contributed by atoms with Crippen LogP contribution in [0.5, 0.6) is 0 Å². The first kappa shape index (κ1) is 22.0. The number of esters is 1. The molecule has 0 atom stereocenters. The number of aromatic amines is 1. The minimum Gasteiger partial charge on any atom is -0.465 e. The van der Waals surface area contributed by atoms with Crippen LogP contribution in [0.2, 0.25) is 0 Å². The minimum absolute atomic E-state index is 0.129. The number of H-pyrrole nitrogens is 1. The first-order valence-corrected chi connectivity index (χ1v) is 9.86. The molecule has 8 heteroatoms. The highest BCUT2D eigenvalue weighted by Gasteiger charge is 2.24. The molecule has 31 heavy (non-hydrogen) atoms. The summed E-state index contributed by atoms with van der Waals surface area (Å²) in [6, 6.07) is 7.81. The van der Waals surface area contributed by atoms with Crippen molar-refractivity contribution < 1.29 is 19.1 Å². The molecular weight excluding hydrogens is 396 g/mol. The largest absolute Gasteiger partial charge is 0.465 e. The average Bonchev–Trinajstić information content (AvgIpc) is 3.19. The summed E-state index contributed by atoms with van der Waals surface area (Å²) in [6.45, 7) is 8.89. The molecule has 3 rings (SSSR count). The number of nitrogens with zero attached hydrogens (tertiary/aromatic N) is 2. The number of amides is 1. The van der Waals surface area contributed by atoms with Gasteiger partial charge in [-0.3, -0.25) is 9.59 Å². The molecule has 1 aromatic carbocycles. The molecule has 1 amide bonds. The van der Waals surface area contributed by atoms with E-state index in [4.69, 9.17) is 4.74 Å². The van der Waals surface area contributed by atoms with E-state index >= 15 is 0 Å². The number of carbonyl (C=O) groups excluding carboxylic acids is 3. The second-order valence-electron chi connectivity index (χ2n) is 7.68. The molecule has 162 valence electrons. The fraction of sp³-hybridized carbons (Fsp3) is 0.304. The third-order valence-corrected chi connectivity index (χ3v) is 4.96. The zero-order valence-corrected chi connectivity index (χ0v) is 18.5. The van der Waals surface area contributed by atoms with E-state index < -0.39 is 5.97 Å². The molecule has 0 saturated carbocycles. The summed E-state index contributed by atoms with van der Waals surface area (Å²) < 4.78 is 6.51. The molecule has 0 aliphatic carbocycles. The normalized spacial score (nSPS) is 10.8.